The number of unbranched alkanes of at least 4 members (excludes halogenated alkanes) is 8. The fourth-order valence-electron chi connectivity index (χ4n) is 3.43. The summed E-state index contributed by atoms with van der Waals surface area (Å²) >= 11 is 0. The maximum absolute atomic E-state index is 12.3. The molecule has 25 heavy (non-hydrogen) atoms. The lowest BCUT2D eigenvalue weighted by Gasteiger charge is -2.25. The molecule has 0 aromatic rings. The first-order valence-corrected chi connectivity index (χ1v) is 10.2. The van der Waals surface area contributed by atoms with E-state index in [9.17, 15) is 14.4 Å². The van der Waals surface area contributed by atoms with E-state index >= 15 is 0 Å². The summed E-state index contributed by atoms with van der Waals surface area (Å²) in [7, 11) is 0. The van der Waals surface area contributed by atoms with Gasteiger partial charge in [-0.25, -0.2) is 0 Å². The smallest absolute Gasteiger partial charge is 0.249 e. The second kappa shape index (κ2) is 12.9. The van der Waals surface area contributed by atoms with Gasteiger partial charge in [0, 0.05) is 19.4 Å². The quantitative estimate of drug-likeness (QED) is 0.510. The molecule has 1 N–H and O–H groups in total. The summed E-state index contributed by atoms with van der Waals surface area (Å²) in [6.07, 6.45) is 13.0. The summed E-state index contributed by atoms with van der Waals surface area (Å²) in [6, 6.07) is -0.498. The maximum Gasteiger partial charge on any atom is 0.249 e. The Morgan fingerprint density at radius 2 is 1.60 bits per heavy atom. The average Bonchev–Trinajstić information content (AvgIpc) is 3.00. The molecule has 0 aromatic carbocycles. The van der Waals surface area contributed by atoms with E-state index < -0.39 is 6.04 Å². The Kier molecular flexibility index (Phi) is 11.2. The molecule has 144 valence electrons. The van der Waals surface area contributed by atoms with E-state index in [4.69, 9.17) is 0 Å². The summed E-state index contributed by atoms with van der Waals surface area (Å²) in [5.41, 5.74) is 0. The van der Waals surface area contributed by atoms with Crippen LogP contribution in [0.15, 0.2) is 0 Å². The molecule has 1 saturated heterocycles. The molecular formula is C20H36N2O3. The fourth-order valence-corrected chi connectivity index (χ4v) is 3.43. The van der Waals surface area contributed by atoms with Crippen LogP contribution in [0.1, 0.15) is 97.3 Å². The second-order valence-corrected chi connectivity index (χ2v) is 7.11. The number of carbonyl (C=O) groups excluding carboxylic acids is 3. The molecule has 1 rings (SSSR count). The van der Waals surface area contributed by atoms with Crippen LogP contribution in [0.5, 0.6) is 0 Å². The number of carbonyl (C=O) groups is 3. The number of likely N-dealkylation sites (tertiary alicyclic amines) is 1. The Balaban J connectivity index is 2.12. The highest BCUT2D eigenvalue weighted by Gasteiger charge is 2.32. The van der Waals surface area contributed by atoms with Crippen LogP contribution in [0.2, 0.25) is 0 Å². The molecule has 0 unspecified atom stereocenters. The number of hydrogen-bond acceptors (Lipinski definition) is 3. The molecule has 3 amide bonds. The van der Waals surface area contributed by atoms with Crippen molar-refractivity contribution in [2.45, 2.75) is 103 Å². The van der Waals surface area contributed by atoms with Crippen LogP contribution in [-0.2, 0) is 14.4 Å². The Morgan fingerprint density at radius 1 is 1.00 bits per heavy atom. The van der Waals surface area contributed by atoms with Gasteiger partial charge >= 0.3 is 0 Å². The van der Waals surface area contributed by atoms with Gasteiger partial charge in [-0.3, -0.25) is 19.7 Å². The van der Waals surface area contributed by atoms with Gasteiger partial charge in [-0.2, -0.15) is 0 Å². The molecule has 1 heterocycles. The van der Waals surface area contributed by atoms with Crippen molar-refractivity contribution < 1.29 is 14.4 Å². The van der Waals surface area contributed by atoms with Gasteiger partial charge in [0.05, 0.1) is 0 Å². The summed E-state index contributed by atoms with van der Waals surface area (Å²) in [6.45, 7) is 4.72. The predicted molar refractivity (Wildman–Crippen MR) is 100 cm³/mol. The zero-order valence-electron chi connectivity index (χ0n) is 16.1. The Bertz CT molecular complexity index is 423. The maximum atomic E-state index is 12.3. The molecule has 0 aromatic heterocycles. The minimum absolute atomic E-state index is 0.0217. The number of nitrogens with zero attached hydrogens (tertiary/aromatic N) is 1. The van der Waals surface area contributed by atoms with Crippen LogP contribution < -0.4 is 5.32 Å². The zero-order valence-corrected chi connectivity index (χ0v) is 16.1. The SMILES string of the molecule is CCCCCCCCCCCC(=O)NC(=O)[C@H](CC)N1CCCC1=O. The minimum Gasteiger partial charge on any atom is -0.331 e. The molecule has 5 heteroatoms. The van der Waals surface area contributed by atoms with E-state index in [2.05, 4.69) is 12.2 Å². The Labute approximate surface area is 152 Å². The largest absolute Gasteiger partial charge is 0.331 e. The van der Waals surface area contributed by atoms with Crippen LogP contribution in [0, 0.1) is 0 Å². The third-order valence-corrected chi connectivity index (χ3v) is 4.95. The molecule has 1 aliphatic rings. The van der Waals surface area contributed by atoms with Gasteiger partial charge in [-0.15, -0.1) is 0 Å². The Morgan fingerprint density at radius 3 is 2.12 bits per heavy atom. The highest BCUT2D eigenvalue weighted by molar-refractivity contribution is 5.99. The van der Waals surface area contributed by atoms with Crippen molar-refractivity contribution >= 4 is 17.7 Å². The first-order valence-electron chi connectivity index (χ1n) is 10.2. The molecule has 1 aliphatic heterocycles. The van der Waals surface area contributed by atoms with Crippen molar-refractivity contribution in [3.63, 3.8) is 0 Å². The molecule has 0 bridgehead atoms. The third kappa shape index (κ3) is 8.50. The van der Waals surface area contributed by atoms with Crippen molar-refractivity contribution in [1.82, 2.24) is 10.2 Å². The van der Waals surface area contributed by atoms with Crippen molar-refractivity contribution in [2.24, 2.45) is 0 Å². The standard InChI is InChI=1S/C20H36N2O3/c1-3-5-6-7-8-9-10-11-12-14-18(23)21-20(25)17(4-2)22-16-13-15-19(22)24/h17H,3-16H2,1-2H3,(H,21,23,25)/t17-/m0/s1. The van der Waals surface area contributed by atoms with Crippen molar-refractivity contribution in [3.8, 4) is 0 Å². The first-order chi connectivity index (χ1) is 12.1. The van der Waals surface area contributed by atoms with Gasteiger partial charge in [-0.05, 0) is 19.3 Å². The minimum atomic E-state index is -0.498. The zero-order chi connectivity index (χ0) is 18.5. The summed E-state index contributed by atoms with van der Waals surface area (Å²) in [5, 5.41) is 2.48. The molecule has 0 aliphatic carbocycles. The number of amides is 3. The summed E-state index contributed by atoms with van der Waals surface area (Å²) in [5.74, 6) is -0.509. The second-order valence-electron chi connectivity index (χ2n) is 7.11. The van der Waals surface area contributed by atoms with Gasteiger partial charge in [0.25, 0.3) is 0 Å². The third-order valence-electron chi connectivity index (χ3n) is 4.95. The van der Waals surface area contributed by atoms with Crippen molar-refractivity contribution in [1.29, 1.82) is 0 Å². The molecule has 0 radical (unpaired) electrons. The number of hydrogen-bond donors (Lipinski definition) is 1. The predicted octanol–water partition coefficient (Wildman–Crippen LogP) is 3.95. The fraction of sp³-hybridized carbons (Fsp3) is 0.850. The Hall–Kier alpha value is -1.39. The van der Waals surface area contributed by atoms with Crippen LogP contribution in [0.25, 0.3) is 0 Å². The number of rotatable bonds is 13. The van der Waals surface area contributed by atoms with Gasteiger partial charge < -0.3 is 4.90 Å². The first kappa shape index (κ1) is 21.7. The lowest BCUT2D eigenvalue weighted by atomic mass is 10.1. The van der Waals surface area contributed by atoms with Gasteiger partial charge in [0.2, 0.25) is 17.7 Å². The topological polar surface area (TPSA) is 66.5 Å². The van der Waals surface area contributed by atoms with E-state index in [0.717, 1.165) is 25.7 Å². The van der Waals surface area contributed by atoms with E-state index in [1.54, 1.807) is 4.90 Å². The lowest BCUT2D eigenvalue weighted by Crippen LogP contribution is -2.48. The number of imide groups is 1. The van der Waals surface area contributed by atoms with Crippen LogP contribution in [0.4, 0.5) is 0 Å². The van der Waals surface area contributed by atoms with Gasteiger partial charge in [0.1, 0.15) is 6.04 Å². The van der Waals surface area contributed by atoms with Gasteiger partial charge in [0.15, 0.2) is 0 Å². The molecule has 1 fully saturated rings. The van der Waals surface area contributed by atoms with E-state index in [0.29, 0.717) is 25.8 Å². The van der Waals surface area contributed by atoms with Crippen molar-refractivity contribution in [2.75, 3.05) is 6.54 Å². The molecular weight excluding hydrogens is 316 g/mol. The molecule has 0 spiro atoms. The van der Waals surface area contributed by atoms with Gasteiger partial charge in [-0.1, -0.05) is 65.2 Å². The summed E-state index contributed by atoms with van der Waals surface area (Å²) in [4.78, 5) is 37.6. The van der Waals surface area contributed by atoms with Crippen LogP contribution in [-0.4, -0.2) is 35.2 Å². The molecule has 5 nitrogen and oxygen atoms in total. The van der Waals surface area contributed by atoms with Crippen LogP contribution >= 0.6 is 0 Å². The average molecular weight is 353 g/mol. The number of nitrogens with one attached hydrogen (secondary N) is 1. The summed E-state index contributed by atoms with van der Waals surface area (Å²) < 4.78 is 0. The van der Waals surface area contributed by atoms with E-state index in [1.807, 2.05) is 6.92 Å². The van der Waals surface area contributed by atoms with E-state index in [-0.39, 0.29) is 17.7 Å². The molecule has 0 saturated carbocycles. The highest BCUT2D eigenvalue weighted by Crippen LogP contribution is 2.16. The van der Waals surface area contributed by atoms with Crippen molar-refractivity contribution in [3.05, 3.63) is 0 Å². The molecule has 1 atom stereocenters. The van der Waals surface area contributed by atoms with E-state index in [1.165, 1.54) is 38.5 Å². The lowest BCUT2D eigenvalue weighted by molar-refractivity contribution is -0.140. The van der Waals surface area contributed by atoms with Crippen LogP contribution in [0.3, 0.4) is 0 Å². The monoisotopic (exact) mass is 352 g/mol. The highest BCUT2D eigenvalue weighted by atomic mass is 16.2. The normalized spacial score (nSPS) is 15.4.